The van der Waals surface area contributed by atoms with Gasteiger partial charge in [0.05, 0.1) is 0 Å². The van der Waals surface area contributed by atoms with E-state index < -0.39 is 0 Å². The SMILES string of the molecule is NNC(Cc1ccccc1Cl)CC1CCCC1. The molecule has 0 aromatic heterocycles. The van der Waals surface area contributed by atoms with E-state index in [9.17, 15) is 0 Å². The van der Waals surface area contributed by atoms with Crippen LogP contribution in [0.5, 0.6) is 0 Å². The Bertz CT molecular complexity index is 348. The lowest BCUT2D eigenvalue weighted by atomic mass is 9.94. The fourth-order valence-electron chi connectivity index (χ4n) is 2.79. The zero-order valence-electron chi connectivity index (χ0n) is 10.2. The Morgan fingerprint density at radius 3 is 2.65 bits per heavy atom. The summed E-state index contributed by atoms with van der Waals surface area (Å²) in [7, 11) is 0. The largest absolute Gasteiger partial charge is 0.271 e. The van der Waals surface area contributed by atoms with Gasteiger partial charge in [-0.1, -0.05) is 55.5 Å². The molecule has 1 atom stereocenters. The van der Waals surface area contributed by atoms with Gasteiger partial charge in [-0.3, -0.25) is 11.3 Å². The molecule has 1 fully saturated rings. The van der Waals surface area contributed by atoms with Crippen LogP contribution in [0, 0.1) is 5.92 Å². The van der Waals surface area contributed by atoms with Crippen LogP contribution >= 0.6 is 11.6 Å². The van der Waals surface area contributed by atoms with Gasteiger partial charge in [0.2, 0.25) is 0 Å². The Kier molecular flexibility index (Phi) is 4.84. The molecule has 0 radical (unpaired) electrons. The first kappa shape index (κ1) is 12.9. The molecular weight excluding hydrogens is 232 g/mol. The molecule has 1 saturated carbocycles. The number of nitrogens with two attached hydrogens (primary N) is 1. The van der Waals surface area contributed by atoms with Crippen molar-refractivity contribution in [2.45, 2.75) is 44.6 Å². The van der Waals surface area contributed by atoms with E-state index in [-0.39, 0.29) is 0 Å². The van der Waals surface area contributed by atoms with Crippen molar-refractivity contribution in [1.82, 2.24) is 5.43 Å². The number of benzene rings is 1. The minimum atomic E-state index is 0.345. The second-order valence-electron chi connectivity index (χ2n) is 5.05. The van der Waals surface area contributed by atoms with Crippen molar-refractivity contribution in [3.63, 3.8) is 0 Å². The third-order valence-corrected chi connectivity index (χ3v) is 4.12. The first-order valence-electron chi connectivity index (χ1n) is 6.49. The number of hydrogen-bond acceptors (Lipinski definition) is 2. The predicted molar refractivity (Wildman–Crippen MR) is 72.8 cm³/mol. The second-order valence-corrected chi connectivity index (χ2v) is 5.45. The van der Waals surface area contributed by atoms with Crippen LogP contribution in [0.2, 0.25) is 5.02 Å². The lowest BCUT2D eigenvalue weighted by Crippen LogP contribution is -2.38. The fourth-order valence-corrected chi connectivity index (χ4v) is 3.00. The Morgan fingerprint density at radius 1 is 1.29 bits per heavy atom. The van der Waals surface area contributed by atoms with Crippen molar-refractivity contribution in [3.8, 4) is 0 Å². The molecule has 0 heterocycles. The third-order valence-electron chi connectivity index (χ3n) is 3.75. The van der Waals surface area contributed by atoms with Crippen molar-refractivity contribution in [1.29, 1.82) is 0 Å². The molecule has 94 valence electrons. The van der Waals surface area contributed by atoms with Crippen LogP contribution in [0.15, 0.2) is 24.3 Å². The zero-order chi connectivity index (χ0) is 12.1. The van der Waals surface area contributed by atoms with Gasteiger partial charge < -0.3 is 0 Å². The van der Waals surface area contributed by atoms with Crippen LogP contribution in [0.25, 0.3) is 0 Å². The van der Waals surface area contributed by atoms with E-state index in [2.05, 4.69) is 11.5 Å². The number of rotatable bonds is 5. The van der Waals surface area contributed by atoms with Gasteiger partial charge >= 0.3 is 0 Å². The van der Waals surface area contributed by atoms with Crippen molar-refractivity contribution >= 4 is 11.6 Å². The maximum absolute atomic E-state index is 6.17. The van der Waals surface area contributed by atoms with Gasteiger partial charge in [-0.2, -0.15) is 0 Å². The van der Waals surface area contributed by atoms with Gasteiger partial charge in [0, 0.05) is 11.1 Å². The summed E-state index contributed by atoms with van der Waals surface area (Å²) < 4.78 is 0. The lowest BCUT2D eigenvalue weighted by molar-refractivity contribution is 0.389. The van der Waals surface area contributed by atoms with Gasteiger partial charge in [0.1, 0.15) is 0 Å². The fraction of sp³-hybridized carbons (Fsp3) is 0.571. The highest BCUT2D eigenvalue weighted by Gasteiger charge is 2.20. The quantitative estimate of drug-likeness (QED) is 0.623. The minimum Gasteiger partial charge on any atom is -0.271 e. The second kappa shape index (κ2) is 6.39. The average Bonchev–Trinajstić information content (AvgIpc) is 2.84. The van der Waals surface area contributed by atoms with Gasteiger partial charge in [0.15, 0.2) is 0 Å². The van der Waals surface area contributed by atoms with Crippen LogP contribution in [-0.4, -0.2) is 6.04 Å². The van der Waals surface area contributed by atoms with Crippen molar-refractivity contribution in [2.75, 3.05) is 0 Å². The maximum atomic E-state index is 6.17. The zero-order valence-corrected chi connectivity index (χ0v) is 10.9. The Balaban J connectivity index is 1.92. The van der Waals surface area contributed by atoms with E-state index in [1.54, 1.807) is 0 Å². The molecule has 0 spiro atoms. The minimum absolute atomic E-state index is 0.345. The number of hydrogen-bond donors (Lipinski definition) is 2. The molecule has 3 heteroatoms. The summed E-state index contributed by atoms with van der Waals surface area (Å²) in [4.78, 5) is 0. The topological polar surface area (TPSA) is 38.0 Å². The number of nitrogens with one attached hydrogen (secondary N) is 1. The molecule has 3 N–H and O–H groups in total. The molecule has 0 bridgehead atoms. The van der Waals surface area contributed by atoms with Gasteiger partial charge in [-0.05, 0) is 30.4 Å². The molecule has 0 amide bonds. The standard InChI is InChI=1S/C14H21ClN2/c15-14-8-4-3-7-12(14)10-13(17-16)9-11-5-1-2-6-11/h3-4,7-8,11,13,17H,1-2,5-6,9-10,16H2. The Hall–Kier alpha value is -0.570. The highest BCUT2D eigenvalue weighted by molar-refractivity contribution is 6.31. The molecule has 1 unspecified atom stereocenters. The smallest absolute Gasteiger partial charge is 0.0438 e. The van der Waals surface area contributed by atoms with Gasteiger partial charge in [-0.25, -0.2) is 0 Å². The van der Waals surface area contributed by atoms with Crippen molar-refractivity contribution in [3.05, 3.63) is 34.9 Å². The van der Waals surface area contributed by atoms with E-state index in [0.717, 1.165) is 17.4 Å². The highest BCUT2D eigenvalue weighted by Crippen LogP contribution is 2.29. The van der Waals surface area contributed by atoms with E-state index in [1.807, 2.05) is 18.2 Å². The number of halogens is 1. The van der Waals surface area contributed by atoms with Crippen molar-refractivity contribution < 1.29 is 0 Å². The molecule has 17 heavy (non-hydrogen) atoms. The van der Waals surface area contributed by atoms with Crippen LogP contribution in [-0.2, 0) is 6.42 Å². The molecular formula is C14H21ClN2. The van der Waals surface area contributed by atoms with Gasteiger partial charge in [0.25, 0.3) is 0 Å². The highest BCUT2D eigenvalue weighted by atomic mass is 35.5. The van der Waals surface area contributed by atoms with Crippen LogP contribution in [0.1, 0.15) is 37.7 Å². The van der Waals surface area contributed by atoms with E-state index in [0.29, 0.717) is 6.04 Å². The summed E-state index contributed by atoms with van der Waals surface area (Å²) in [6.45, 7) is 0. The molecule has 0 aliphatic heterocycles. The Labute approximate surface area is 109 Å². The molecule has 1 aliphatic rings. The summed E-state index contributed by atoms with van der Waals surface area (Å²) >= 11 is 6.17. The Morgan fingerprint density at radius 2 is 2.00 bits per heavy atom. The normalized spacial score (nSPS) is 18.5. The van der Waals surface area contributed by atoms with Crippen LogP contribution < -0.4 is 11.3 Å². The molecule has 0 saturated heterocycles. The lowest BCUT2D eigenvalue weighted by Gasteiger charge is -2.20. The summed E-state index contributed by atoms with van der Waals surface area (Å²) in [5, 5.41) is 0.846. The maximum Gasteiger partial charge on any atom is 0.0438 e. The summed E-state index contributed by atoms with van der Waals surface area (Å²) in [6.07, 6.45) is 7.58. The molecule has 2 rings (SSSR count). The van der Waals surface area contributed by atoms with E-state index in [1.165, 1.54) is 37.7 Å². The monoisotopic (exact) mass is 252 g/mol. The van der Waals surface area contributed by atoms with Crippen LogP contribution in [0.3, 0.4) is 0 Å². The molecule has 2 nitrogen and oxygen atoms in total. The molecule has 1 aromatic carbocycles. The third kappa shape index (κ3) is 3.70. The average molecular weight is 253 g/mol. The summed E-state index contributed by atoms with van der Waals surface area (Å²) in [5.41, 5.74) is 4.14. The van der Waals surface area contributed by atoms with E-state index >= 15 is 0 Å². The summed E-state index contributed by atoms with van der Waals surface area (Å²) in [6, 6.07) is 8.37. The first-order chi connectivity index (χ1) is 8.29. The predicted octanol–water partition coefficient (Wildman–Crippen LogP) is 3.29. The first-order valence-corrected chi connectivity index (χ1v) is 6.87. The van der Waals surface area contributed by atoms with Gasteiger partial charge in [-0.15, -0.1) is 0 Å². The molecule has 1 aliphatic carbocycles. The van der Waals surface area contributed by atoms with E-state index in [4.69, 9.17) is 17.4 Å². The number of hydrazine groups is 1. The van der Waals surface area contributed by atoms with Crippen molar-refractivity contribution in [2.24, 2.45) is 11.8 Å². The van der Waals surface area contributed by atoms with Crippen LogP contribution in [0.4, 0.5) is 0 Å². The summed E-state index contributed by atoms with van der Waals surface area (Å²) in [5.74, 6) is 6.50. The molecule has 1 aromatic rings.